The Balaban J connectivity index is 2.07. The van der Waals surface area contributed by atoms with E-state index >= 15 is 0 Å². The van der Waals surface area contributed by atoms with Gasteiger partial charge in [-0.2, -0.15) is 0 Å². The number of carbonyl (C=O) groups excluding carboxylic acids is 1. The lowest BCUT2D eigenvalue weighted by Gasteiger charge is -2.42. The summed E-state index contributed by atoms with van der Waals surface area (Å²) in [5, 5.41) is 8.92. The quantitative estimate of drug-likeness (QED) is 0.852. The Kier molecular flexibility index (Phi) is 3.88. The van der Waals surface area contributed by atoms with Gasteiger partial charge in [-0.25, -0.2) is 0 Å². The normalized spacial score (nSPS) is 30.5. The Hall–Kier alpha value is -1.06. The minimum atomic E-state index is -0.710. The largest absolute Gasteiger partial charge is 0.481 e. The molecule has 2 saturated heterocycles. The van der Waals surface area contributed by atoms with Crippen molar-refractivity contribution in [3.8, 4) is 0 Å². The van der Waals surface area contributed by atoms with Gasteiger partial charge in [0.2, 0.25) is 5.91 Å². The van der Waals surface area contributed by atoms with E-state index in [2.05, 4.69) is 11.8 Å². The van der Waals surface area contributed by atoms with Crippen molar-refractivity contribution < 1.29 is 14.7 Å². The lowest BCUT2D eigenvalue weighted by atomic mass is 9.83. The topological polar surface area (TPSA) is 57.6 Å². The van der Waals surface area contributed by atoms with Gasteiger partial charge in [-0.05, 0) is 38.0 Å². The van der Waals surface area contributed by atoms with Crippen LogP contribution in [0.15, 0.2) is 0 Å². The third-order valence-electron chi connectivity index (χ3n) is 4.99. The molecule has 1 amide bonds. The van der Waals surface area contributed by atoms with Crippen molar-refractivity contribution in [2.45, 2.75) is 71.4 Å². The van der Waals surface area contributed by atoms with E-state index in [1.165, 1.54) is 0 Å². The molecule has 0 aliphatic carbocycles. The van der Waals surface area contributed by atoms with Gasteiger partial charge in [-0.1, -0.05) is 20.8 Å². The summed E-state index contributed by atoms with van der Waals surface area (Å²) in [6.07, 6.45) is 4.94. The highest BCUT2D eigenvalue weighted by molar-refractivity contribution is 5.83. The van der Waals surface area contributed by atoms with Crippen LogP contribution in [0.1, 0.15) is 59.3 Å². The standard InChI is InChI=1S/C15H25NO3/c1-4-15(2,3)14(19)16-11-5-6-12(16)8-10(7-11)9-13(17)18/h10-12H,4-9H2,1-3H3,(H,17,18). The first-order valence-corrected chi connectivity index (χ1v) is 7.39. The Morgan fingerprint density at radius 2 is 1.74 bits per heavy atom. The summed E-state index contributed by atoms with van der Waals surface area (Å²) in [4.78, 5) is 25.6. The van der Waals surface area contributed by atoms with Gasteiger partial charge in [0.1, 0.15) is 0 Å². The predicted molar refractivity (Wildman–Crippen MR) is 72.7 cm³/mol. The van der Waals surface area contributed by atoms with Crippen LogP contribution in [0.5, 0.6) is 0 Å². The lowest BCUT2D eigenvalue weighted by Crippen LogP contribution is -2.51. The highest BCUT2D eigenvalue weighted by Gasteiger charge is 2.46. The second-order valence-corrected chi connectivity index (χ2v) is 6.77. The van der Waals surface area contributed by atoms with Gasteiger partial charge in [0.15, 0.2) is 0 Å². The molecular formula is C15H25NO3. The van der Waals surface area contributed by atoms with E-state index in [-0.39, 0.29) is 35.7 Å². The molecule has 2 aliphatic rings. The molecule has 4 heteroatoms. The van der Waals surface area contributed by atoms with Crippen LogP contribution in [-0.4, -0.2) is 34.0 Å². The molecule has 2 unspecified atom stereocenters. The van der Waals surface area contributed by atoms with Gasteiger partial charge in [0.05, 0.1) is 0 Å². The number of carboxylic acid groups (broad SMARTS) is 1. The average Bonchev–Trinajstić information content (AvgIpc) is 2.59. The van der Waals surface area contributed by atoms with E-state index in [4.69, 9.17) is 5.11 Å². The number of carbonyl (C=O) groups is 2. The summed E-state index contributed by atoms with van der Waals surface area (Å²) >= 11 is 0. The molecule has 0 saturated carbocycles. The molecule has 0 aromatic carbocycles. The number of piperidine rings is 1. The van der Waals surface area contributed by atoms with E-state index in [1.54, 1.807) is 0 Å². The minimum absolute atomic E-state index is 0.254. The van der Waals surface area contributed by atoms with Gasteiger partial charge >= 0.3 is 5.97 Å². The first kappa shape index (κ1) is 14.4. The number of hydrogen-bond acceptors (Lipinski definition) is 2. The van der Waals surface area contributed by atoms with Crippen LogP contribution < -0.4 is 0 Å². The average molecular weight is 267 g/mol. The molecule has 2 rings (SSSR count). The van der Waals surface area contributed by atoms with Crippen LogP contribution >= 0.6 is 0 Å². The van der Waals surface area contributed by atoms with Crippen LogP contribution in [0.3, 0.4) is 0 Å². The van der Waals surface area contributed by atoms with Crippen molar-refractivity contribution in [2.24, 2.45) is 11.3 Å². The molecule has 2 fully saturated rings. The van der Waals surface area contributed by atoms with Crippen LogP contribution in [0, 0.1) is 11.3 Å². The second kappa shape index (κ2) is 5.14. The van der Waals surface area contributed by atoms with Crippen LogP contribution in [0.2, 0.25) is 0 Å². The summed E-state index contributed by atoms with van der Waals surface area (Å²) < 4.78 is 0. The molecule has 2 heterocycles. The number of fused-ring (bicyclic) bond motifs is 2. The van der Waals surface area contributed by atoms with Gasteiger partial charge < -0.3 is 10.0 Å². The first-order valence-electron chi connectivity index (χ1n) is 7.39. The van der Waals surface area contributed by atoms with E-state index in [0.717, 1.165) is 32.1 Å². The molecular weight excluding hydrogens is 242 g/mol. The highest BCUT2D eigenvalue weighted by Crippen LogP contribution is 2.42. The molecule has 1 N–H and O–H groups in total. The zero-order valence-corrected chi connectivity index (χ0v) is 12.2. The smallest absolute Gasteiger partial charge is 0.303 e. The molecule has 2 aliphatic heterocycles. The van der Waals surface area contributed by atoms with Crippen molar-refractivity contribution in [1.82, 2.24) is 4.90 Å². The maximum absolute atomic E-state index is 12.7. The van der Waals surface area contributed by atoms with E-state index in [0.29, 0.717) is 0 Å². The molecule has 0 aromatic rings. The van der Waals surface area contributed by atoms with Gasteiger partial charge in [-0.3, -0.25) is 9.59 Å². The summed E-state index contributed by atoms with van der Waals surface area (Å²) in [5.41, 5.74) is -0.291. The van der Waals surface area contributed by atoms with E-state index < -0.39 is 5.97 Å². The van der Waals surface area contributed by atoms with E-state index in [1.807, 2.05) is 13.8 Å². The number of amides is 1. The zero-order valence-electron chi connectivity index (χ0n) is 12.2. The molecule has 4 nitrogen and oxygen atoms in total. The van der Waals surface area contributed by atoms with Crippen molar-refractivity contribution >= 4 is 11.9 Å². The molecule has 0 spiro atoms. The summed E-state index contributed by atoms with van der Waals surface area (Å²) in [7, 11) is 0. The molecule has 108 valence electrons. The second-order valence-electron chi connectivity index (χ2n) is 6.77. The Labute approximate surface area is 115 Å². The fourth-order valence-electron chi connectivity index (χ4n) is 3.54. The summed E-state index contributed by atoms with van der Waals surface area (Å²) in [6, 6.07) is 0.558. The van der Waals surface area contributed by atoms with Gasteiger partial charge in [0, 0.05) is 23.9 Å². The lowest BCUT2D eigenvalue weighted by molar-refractivity contribution is -0.146. The number of rotatable bonds is 4. The number of hydrogen-bond donors (Lipinski definition) is 1. The van der Waals surface area contributed by atoms with Crippen molar-refractivity contribution in [3.05, 3.63) is 0 Å². The zero-order chi connectivity index (χ0) is 14.2. The Morgan fingerprint density at radius 1 is 1.21 bits per heavy atom. The van der Waals surface area contributed by atoms with Gasteiger partial charge in [-0.15, -0.1) is 0 Å². The predicted octanol–water partition coefficient (Wildman–Crippen LogP) is 2.67. The first-order chi connectivity index (χ1) is 8.85. The molecule has 19 heavy (non-hydrogen) atoms. The molecule has 2 atom stereocenters. The minimum Gasteiger partial charge on any atom is -0.481 e. The van der Waals surface area contributed by atoms with E-state index in [9.17, 15) is 9.59 Å². The van der Waals surface area contributed by atoms with Crippen LogP contribution in [0.4, 0.5) is 0 Å². The van der Waals surface area contributed by atoms with Crippen molar-refractivity contribution in [1.29, 1.82) is 0 Å². The maximum Gasteiger partial charge on any atom is 0.303 e. The Bertz CT molecular complexity index is 364. The van der Waals surface area contributed by atoms with Crippen molar-refractivity contribution in [2.75, 3.05) is 0 Å². The fraction of sp³-hybridized carbons (Fsp3) is 0.867. The number of carboxylic acids is 1. The fourth-order valence-corrected chi connectivity index (χ4v) is 3.54. The summed E-state index contributed by atoms with van der Waals surface area (Å²) in [6.45, 7) is 6.08. The van der Waals surface area contributed by atoms with Gasteiger partial charge in [0.25, 0.3) is 0 Å². The highest BCUT2D eigenvalue weighted by atomic mass is 16.4. The number of nitrogens with zero attached hydrogens (tertiary/aromatic N) is 1. The summed E-state index contributed by atoms with van der Waals surface area (Å²) in [5.74, 6) is -0.196. The Morgan fingerprint density at radius 3 is 2.16 bits per heavy atom. The SMILES string of the molecule is CCC(C)(C)C(=O)N1C2CCC1CC(CC(=O)O)C2. The van der Waals surface area contributed by atoms with Crippen LogP contribution in [-0.2, 0) is 9.59 Å². The van der Waals surface area contributed by atoms with Crippen molar-refractivity contribution in [3.63, 3.8) is 0 Å². The molecule has 0 radical (unpaired) electrons. The monoisotopic (exact) mass is 267 g/mol. The maximum atomic E-state index is 12.7. The third-order valence-corrected chi connectivity index (χ3v) is 4.99. The number of aliphatic carboxylic acids is 1. The third kappa shape index (κ3) is 2.77. The molecule has 0 aromatic heterocycles. The van der Waals surface area contributed by atoms with Crippen LogP contribution in [0.25, 0.3) is 0 Å². The molecule has 2 bridgehead atoms.